The van der Waals surface area contributed by atoms with Crippen LogP contribution in [-0.2, 0) is 11.2 Å². The Hall–Kier alpha value is -1.85. The Morgan fingerprint density at radius 1 is 1.27 bits per heavy atom. The number of piperidine rings is 1. The van der Waals surface area contributed by atoms with Crippen LogP contribution < -0.4 is 4.74 Å². The number of aliphatic carboxylic acids is 1. The molecule has 0 atom stereocenters. The number of benzene rings is 1. The summed E-state index contributed by atoms with van der Waals surface area (Å²) in [6.07, 6.45) is 13.5. The molecule has 2 fully saturated rings. The Bertz CT molecular complexity index is 950. The molecule has 6 heteroatoms. The van der Waals surface area contributed by atoms with Gasteiger partial charge in [0.2, 0.25) is 0 Å². The van der Waals surface area contributed by atoms with E-state index in [0.717, 1.165) is 73.3 Å². The molecular formula is C27H37ClN2O3. The number of halogens is 1. The van der Waals surface area contributed by atoms with Gasteiger partial charge < -0.3 is 14.7 Å². The molecule has 2 heterocycles. The van der Waals surface area contributed by atoms with E-state index in [-0.39, 0.29) is 11.8 Å². The molecule has 0 unspecified atom stereocenters. The Kier molecular flexibility index (Phi) is 8.13. The summed E-state index contributed by atoms with van der Waals surface area (Å²) in [6, 6.07) is 5.87. The van der Waals surface area contributed by atoms with E-state index in [2.05, 4.69) is 9.88 Å². The van der Waals surface area contributed by atoms with Gasteiger partial charge >= 0.3 is 5.97 Å². The molecule has 1 aromatic carbocycles. The van der Waals surface area contributed by atoms with Crippen molar-refractivity contribution in [1.29, 1.82) is 0 Å². The monoisotopic (exact) mass is 472 g/mol. The summed E-state index contributed by atoms with van der Waals surface area (Å²) in [5, 5.41) is 11.3. The van der Waals surface area contributed by atoms with Crippen molar-refractivity contribution in [1.82, 2.24) is 9.88 Å². The summed E-state index contributed by atoms with van der Waals surface area (Å²) in [5.41, 5.74) is 1.88. The van der Waals surface area contributed by atoms with Gasteiger partial charge in [0.25, 0.3) is 0 Å². The number of likely N-dealkylation sites (tertiary alicyclic amines) is 1. The van der Waals surface area contributed by atoms with Crippen LogP contribution in [0.15, 0.2) is 24.4 Å². The van der Waals surface area contributed by atoms with Crippen LogP contribution in [0.25, 0.3) is 10.9 Å². The predicted octanol–water partition coefficient (Wildman–Crippen LogP) is 6.36. The number of carbonyl (C=O) groups is 1. The minimum Gasteiger partial charge on any atom is -0.497 e. The Morgan fingerprint density at radius 2 is 2.03 bits per heavy atom. The second-order valence-corrected chi connectivity index (χ2v) is 10.6. The van der Waals surface area contributed by atoms with Gasteiger partial charge in [-0.05, 0) is 93.3 Å². The minimum atomic E-state index is -0.675. The summed E-state index contributed by atoms with van der Waals surface area (Å²) in [7, 11) is 1.66. The van der Waals surface area contributed by atoms with Crippen molar-refractivity contribution in [2.75, 3.05) is 26.7 Å². The fourth-order valence-electron chi connectivity index (χ4n) is 5.97. The fourth-order valence-corrected chi connectivity index (χ4v) is 6.22. The van der Waals surface area contributed by atoms with E-state index in [0.29, 0.717) is 5.02 Å². The van der Waals surface area contributed by atoms with Crippen molar-refractivity contribution < 1.29 is 14.6 Å². The molecule has 1 saturated carbocycles. The standard InChI is InChI=1S/C27H37ClN2O3/c1-33-21-8-9-25-23(17-21)22(24(28)19-29-25)7-4-11-27(18-26(31)32)12-15-30(16-13-27)14-10-20-5-2-3-6-20/h8-9,17,19-20H,2-7,10-16,18H2,1H3,(H,31,32). The lowest BCUT2D eigenvalue weighted by Gasteiger charge is -2.41. The molecule has 1 aliphatic heterocycles. The number of carboxylic acid groups (broad SMARTS) is 1. The molecule has 4 rings (SSSR count). The van der Waals surface area contributed by atoms with Gasteiger partial charge in [-0.2, -0.15) is 0 Å². The first-order valence-electron chi connectivity index (χ1n) is 12.5. The molecule has 2 aromatic rings. The maximum absolute atomic E-state index is 11.7. The SMILES string of the molecule is COc1ccc2ncc(Cl)c(CCCC3(CC(=O)O)CCN(CCC4CCCC4)CC3)c2c1. The number of pyridine rings is 1. The van der Waals surface area contributed by atoms with Gasteiger partial charge in [-0.1, -0.05) is 37.3 Å². The quantitative estimate of drug-likeness (QED) is 0.436. The maximum atomic E-state index is 11.7. The topological polar surface area (TPSA) is 62.7 Å². The molecule has 0 bridgehead atoms. The van der Waals surface area contributed by atoms with Gasteiger partial charge in [0.05, 0.1) is 24.1 Å². The first-order chi connectivity index (χ1) is 16.0. The number of fused-ring (bicyclic) bond motifs is 1. The van der Waals surface area contributed by atoms with Gasteiger partial charge in [-0.3, -0.25) is 9.78 Å². The van der Waals surface area contributed by atoms with Crippen LogP contribution in [-0.4, -0.2) is 47.7 Å². The number of carboxylic acids is 1. The largest absolute Gasteiger partial charge is 0.497 e. The summed E-state index contributed by atoms with van der Waals surface area (Å²) in [5.74, 6) is 1.03. The zero-order valence-electron chi connectivity index (χ0n) is 19.8. The van der Waals surface area contributed by atoms with Crippen molar-refractivity contribution in [3.63, 3.8) is 0 Å². The van der Waals surface area contributed by atoms with Crippen molar-refractivity contribution in [3.05, 3.63) is 35.0 Å². The van der Waals surface area contributed by atoms with E-state index in [9.17, 15) is 9.90 Å². The highest BCUT2D eigenvalue weighted by Gasteiger charge is 2.36. The van der Waals surface area contributed by atoms with Gasteiger partial charge in [-0.25, -0.2) is 0 Å². The number of methoxy groups -OCH3 is 1. The summed E-state index contributed by atoms with van der Waals surface area (Å²) in [4.78, 5) is 18.7. The third-order valence-corrected chi connectivity index (χ3v) is 8.36. The summed E-state index contributed by atoms with van der Waals surface area (Å²) < 4.78 is 5.40. The third kappa shape index (κ3) is 6.19. The molecule has 33 heavy (non-hydrogen) atoms. The molecule has 1 saturated heterocycles. The number of hydrogen-bond donors (Lipinski definition) is 1. The summed E-state index contributed by atoms with van der Waals surface area (Å²) in [6.45, 7) is 3.22. The van der Waals surface area contributed by atoms with Crippen LogP contribution in [0.3, 0.4) is 0 Å². The number of hydrogen-bond acceptors (Lipinski definition) is 4. The van der Waals surface area contributed by atoms with Crippen molar-refractivity contribution >= 4 is 28.5 Å². The number of ether oxygens (including phenoxy) is 1. The second kappa shape index (κ2) is 11.1. The highest BCUT2D eigenvalue weighted by atomic mass is 35.5. The molecule has 1 N–H and O–H groups in total. The third-order valence-electron chi connectivity index (χ3n) is 8.04. The van der Waals surface area contributed by atoms with Crippen LogP contribution in [0, 0.1) is 11.3 Å². The lowest BCUT2D eigenvalue weighted by atomic mass is 9.72. The van der Waals surface area contributed by atoms with E-state index < -0.39 is 5.97 Å². The summed E-state index contributed by atoms with van der Waals surface area (Å²) >= 11 is 6.54. The highest BCUT2D eigenvalue weighted by molar-refractivity contribution is 6.32. The number of rotatable bonds is 10. The maximum Gasteiger partial charge on any atom is 0.303 e. The van der Waals surface area contributed by atoms with Gasteiger partial charge in [0.1, 0.15) is 5.75 Å². The average molecular weight is 473 g/mol. The molecule has 2 aliphatic rings. The fraction of sp³-hybridized carbons (Fsp3) is 0.630. The lowest BCUT2D eigenvalue weighted by Crippen LogP contribution is -2.42. The van der Waals surface area contributed by atoms with Crippen LogP contribution in [0.4, 0.5) is 0 Å². The Balaban J connectivity index is 1.38. The van der Waals surface area contributed by atoms with E-state index in [1.54, 1.807) is 13.3 Å². The van der Waals surface area contributed by atoms with Crippen LogP contribution in [0.2, 0.25) is 5.02 Å². The molecular weight excluding hydrogens is 436 g/mol. The van der Waals surface area contributed by atoms with E-state index in [1.807, 2.05) is 18.2 Å². The molecule has 0 amide bonds. The molecule has 0 spiro atoms. The van der Waals surface area contributed by atoms with Gasteiger partial charge in [0, 0.05) is 11.6 Å². The normalized spacial score (nSPS) is 19.2. The molecule has 0 radical (unpaired) electrons. The van der Waals surface area contributed by atoms with Crippen molar-refractivity contribution in [2.24, 2.45) is 11.3 Å². The number of nitrogens with zero attached hydrogens (tertiary/aromatic N) is 2. The Labute approximate surface area is 202 Å². The van der Waals surface area contributed by atoms with E-state index in [1.165, 1.54) is 38.6 Å². The minimum absolute atomic E-state index is 0.108. The van der Waals surface area contributed by atoms with Crippen LogP contribution in [0.1, 0.15) is 69.8 Å². The van der Waals surface area contributed by atoms with Crippen LogP contribution in [0.5, 0.6) is 5.75 Å². The number of aromatic nitrogens is 1. The second-order valence-electron chi connectivity index (χ2n) is 10.2. The van der Waals surface area contributed by atoms with E-state index >= 15 is 0 Å². The number of aryl methyl sites for hydroxylation is 1. The smallest absolute Gasteiger partial charge is 0.303 e. The van der Waals surface area contributed by atoms with Crippen molar-refractivity contribution in [2.45, 2.75) is 70.6 Å². The average Bonchev–Trinajstić information content (AvgIpc) is 3.33. The molecule has 1 aliphatic carbocycles. The molecule has 5 nitrogen and oxygen atoms in total. The van der Waals surface area contributed by atoms with Gasteiger partial charge in [-0.15, -0.1) is 0 Å². The zero-order valence-corrected chi connectivity index (χ0v) is 20.6. The molecule has 1 aromatic heterocycles. The van der Waals surface area contributed by atoms with Crippen LogP contribution >= 0.6 is 11.6 Å². The van der Waals surface area contributed by atoms with E-state index in [4.69, 9.17) is 16.3 Å². The Morgan fingerprint density at radius 3 is 2.73 bits per heavy atom. The first kappa shape index (κ1) is 24.3. The zero-order chi connectivity index (χ0) is 23.3. The first-order valence-corrected chi connectivity index (χ1v) is 12.9. The molecule has 180 valence electrons. The lowest BCUT2D eigenvalue weighted by molar-refractivity contribution is -0.140. The van der Waals surface area contributed by atoms with Crippen molar-refractivity contribution in [3.8, 4) is 5.75 Å². The predicted molar refractivity (Wildman–Crippen MR) is 133 cm³/mol. The highest BCUT2D eigenvalue weighted by Crippen LogP contribution is 2.41. The van der Waals surface area contributed by atoms with Gasteiger partial charge in [0.15, 0.2) is 0 Å².